The van der Waals surface area contributed by atoms with Crippen molar-refractivity contribution in [2.75, 3.05) is 13.7 Å². The summed E-state index contributed by atoms with van der Waals surface area (Å²) in [6.45, 7) is 8.61. The molecule has 2 amide bonds. The van der Waals surface area contributed by atoms with Crippen LogP contribution in [0.2, 0.25) is 0 Å². The number of alkyl carbamates (subject to hydrolysis) is 1. The normalized spacial score (nSPS) is 39.6. The largest absolute Gasteiger partial charge is 0.443 e. The van der Waals surface area contributed by atoms with Gasteiger partial charge in [-0.25, -0.2) is 4.79 Å². The highest BCUT2D eigenvalue weighted by Crippen LogP contribution is 2.59. The van der Waals surface area contributed by atoms with E-state index in [1.165, 1.54) is 5.57 Å². The Hall–Kier alpha value is -1.44. The van der Waals surface area contributed by atoms with E-state index in [4.69, 9.17) is 18.9 Å². The molecular weight excluding hydrogens is 350 g/mol. The van der Waals surface area contributed by atoms with Gasteiger partial charge in [0.25, 0.3) is 0 Å². The fraction of sp³-hybridized carbons (Fsp3) is 0.800. The molecule has 7 nitrogen and oxygen atoms in total. The summed E-state index contributed by atoms with van der Waals surface area (Å²) < 4.78 is 23.3. The average Bonchev–Trinajstić information content (AvgIpc) is 3.52. The Morgan fingerprint density at radius 1 is 1.33 bits per heavy atom. The predicted octanol–water partition coefficient (Wildman–Crippen LogP) is 2.73. The van der Waals surface area contributed by atoms with Gasteiger partial charge in [0.2, 0.25) is 5.91 Å². The summed E-state index contributed by atoms with van der Waals surface area (Å²) in [6.07, 6.45) is 3.27. The fourth-order valence-corrected chi connectivity index (χ4v) is 4.44. The first-order chi connectivity index (χ1) is 12.8. The van der Waals surface area contributed by atoms with Crippen molar-refractivity contribution in [1.29, 1.82) is 0 Å². The summed E-state index contributed by atoms with van der Waals surface area (Å²) in [6, 6.07) is 0. The molecule has 2 heterocycles. The number of methoxy groups -OCH3 is 1. The highest BCUT2D eigenvalue weighted by Gasteiger charge is 2.72. The number of hydrogen-bond donors (Lipinski definition) is 1. The van der Waals surface area contributed by atoms with Crippen LogP contribution in [0.5, 0.6) is 0 Å². The minimum Gasteiger partial charge on any atom is -0.443 e. The second-order valence-electron chi connectivity index (χ2n) is 8.22. The van der Waals surface area contributed by atoms with Crippen molar-refractivity contribution in [3.05, 3.63) is 11.6 Å². The number of amides is 2. The number of hydrogen-bond acceptors (Lipinski definition) is 6. The quantitative estimate of drug-likeness (QED) is 0.562. The number of rotatable bonds is 6. The third-order valence-corrected chi connectivity index (χ3v) is 6.06. The van der Waals surface area contributed by atoms with Gasteiger partial charge in [-0.15, -0.1) is 0 Å². The zero-order valence-electron chi connectivity index (χ0n) is 16.9. The zero-order valence-corrected chi connectivity index (χ0v) is 16.9. The molecule has 3 fully saturated rings. The first-order valence-electron chi connectivity index (χ1n) is 9.74. The standard InChI is InChI=1S/C20H31NO6/c1-6-15(22)21-18(23)26-13-9-10-20(11-25-20)17(16(13)24-5)19(4)14(27-19)8-7-12(2)3/h7,13-14,16-17H,6,8-11H2,1-5H3,(H,21,22,23). The average molecular weight is 381 g/mol. The van der Waals surface area contributed by atoms with Crippen LogP contribution in [0.3, 0.4) is 0 Å². The Bertz CT molecular complexity index is 624. The molecule has 7 heteroatoms. The molecule has 1 N–H and O–H groups in total. The van der Waals surface area contributed by atoms with Gasteiger partial charge >= 0.3 is 6.09 Å². The molecule has 1 saturated carbocycles. The lowest BCUT2D eigenvalue weighted by Gasteiger charge is -2.42. The van der Waals surface area contributed by atoms with E-state index in [2.05, 4.69) is 32.2 Å². The Balaban J connectivity index is 1.73. The Kier molecular flexibility index (Phi) is 5.66. The maximum absolute atomic E-state index is 12.1. The van der Waals surface area contributed by atoms with Crippen molar-refractivity contribution in [3.63, 3.8) is 0 Å². The minimum absolute atomic E-state index is 0.0287. The number of allylic oxidation sites excluding steroid dienone is 1. The maximum Gasteiger partial charge on any atom is 0.414 e. The van der Waals surface area contributed by atoms with Crippen LogP contribution in [-0.4, -0.2) is 55.2 Å². The van der Waals surface area contributed by atoms with Gasteiger partial charge in [-0.3, -0.25) is 10.1 Å². The van der Waals surface area contributed by atoms with Gasteiger partial charge < -0.3 is 18.9 Å². The summed E-state index contributed by atoms with van der Waals surface area (Å²) in [5.74, 6) is -0.387. The molecule has 27 heavy (non-hydrogen) atoms. The van der Waals surface area contributed by atoms with Gasteiger partial charge in [-0.1, -0.05) is 18.6 Å². The number of ether oxygens (including phenoxy) is 4. The number of nitrogens with one attached hydrogen (secondary N) is 1. The third-order valence-electron chi connectivity index (χ3n) is 6.06. The molecule has 0 aromatic rings. The van der Waals surface area contributed by atoms with E-state index in [1.807, 2.05) is 0 Å². The van der Waals surface area contributed by atoms with E-state index in [-0.39, 0.29) is 41.7 Å². The smallest absolute Gasteiger partial charge is 0.414 e. The molecule has 6 unspecified atom stereocenters. The summed E-state index contributed by atoms with van der Waals surface area (Å²) in [4.78, 5) is 23.5. The van der Waals surface area contributed by atoms with E-state index < -0.39 is 12.2 Å². The van der Waals surface area contributed by atoms with E-state index in [1.54, 1.807) is 14.0 Å². The Morgan fingerprint density at radius 2 is 2.04 bits per heavy atom. The van der Waals surface area contributed by atoms with Gasteiger partial charge in [0.05, 0.1) is 18.6 Å². The van der Waals surface area contributed by atoms with Crippen molar-refractivity contribution in [2.45, 2.75) is 82.9 Å². The molecule has 3 rings (SSSR count). The minimum atomic E-state index is -0.719. The SMILES string of the molecule is CCC(=O)NC(=O)OC1CCC2(CO2)C(C2(C)OC2CC=C(C)C)C1OC. The van der Waals surface area contributed by atoms with E-state index >= 15 is 0 Å². The monoisotopic (exact) mass is 381 g/mol. The number of imide groups is 1. The maximum atomic E-state index is 12.1. The molecule has 152 valence electrons. The van der Waals surface area contributed by atoms with Crippen LogP contribution in [0.25, 0.3) is 0 Å². The number of carbonyl (C=O) groups is 2. The van der Waals surface area contributed by atoms with E-state index in [0.717, 1.165) is 12.8 Å². The predicted molar refractivity (Wildman–Crippen MR) is 98.2 cm³/mol. The second kappa shape index (κ2) is 7.53. The molecule has 2 saturated heterocycles. The molecule has 2 aliphatic heterocycles. The molecular formula is C20H31NO6. The van der Waals surface area contributed by atoms with Crippen LogP contribution in [0, 0.1) is 5.92 Å². The van der Waals surface area contributed by atoms with Crippen LogP contribution in [-0.2, 0) is 23.7 Å². The summed E-state index contributed by atoms with van der Waals surface area (Å²) in [5.41, 5.74) is 0.627. The number of carbonyl (C=O) groups excluding carboxylic acids is 2. The first kappa shape index (κ1) is 20.3. The van der Waals surface area contributed by atoms with Crippen molar-refractivity contribution < 1.29 is 28.5 Å². The van der Waals surface area contributed by atoms with Gasteiger partial charge in [-0.05, 0) is 40.0 Å². The van der Waals surface area contributed by atoms with Crippen LogP contribution < -0.4 is 5.32 Å². The lowest BCUT2D eigenvalue weighted by atomic mass is 9.68. The molecule has 0 radical (unpaired) electrons. The summed E-state index contributed by atoms with van der Waals surface area (Å²) >= 11 is 0. The first-order valence-corrected chi connectivity index (χ1v) is 9.74. The lowest BCUT2D eigenvalue weighted by Crippen LogP contribution is -2.56. The Labute approximate surface area is 160 Å². The van der Waals surface area contributed by atoms with Crippen LogP contribution in [0.15, 0.2) is 11.6 Å². The summed E-state index contributed by atoms with van der Waals surface area (Å²) in [5, 5.41) is 2.24. The van der Waals surface area contributed by atoms with Gasteiger partial charge in [-0.2, -0.15) is 0 Å². The molecule has 3 aliphatic rings. The highest BCUT2D eigenvalue weighted by atomic mass is 16.6. The second-order valence-corrected chi connectivity index (χ2v) is 8.22. The van der Waals surface area contributed by atoms with Crippen molar-refractivity contribution in [2.24, 2.45) is 5.92 Å². The van der Waals surface area contributed by atoms with Gasteiger partial charge in [0.1, 0.15) is 23.4 Å². The molecule has 0 aromatic carbocycles. The number of epoxide rings is 2. The van der Waals surface area contributed by atoms with Crippen LogP contribution in [0.4, 0.5) is 4.79 Å². The third kappa shape index (κ3) is 4.05. The van der Waals surface area contributed by atoms with Crippen molar-refractivity contribution in [1.82, 2.24) is 5.32 Å². The van der Waals surface area contributed by atoms with E-state index in [9.17, 15) is 9.59 Å². The van der Waals surface area contributed by atoms with E-state index in [0.29, 0.717) is 13.0 Å². The molecule has 0 aromatic heterocycles. The topological polar surface area (TPSA) is 89.7 Å². The van der Waals surface area contributed by atoms with Crippen molar-refractivity contribution in [3.8, 4) is 0 Å². The summed E-state index contributed by atoms with van der Waals surface area (Å²) in [7, 11) is 1.63. The fourth-order valence-electron chi connectivity index (χ4n) is 4.44. The van der Waals surface area contributed by atoms with Gasteiger partial charge in [0, 0.05) is 13.5 Å². The van der Waals surface area contributed by atoms with Crippen LogP contribution >= 0.6 is 0 Å². The molecule has 0 bridgehead atoms. The zero-order chi connectivity index (χ0) is 19.8. The van der Waals surface area contributed by atoms with Crippen molar-refractivity contribution >= 4 is 12.0 Å². The lowest BCUT2D eigenvalue weighted by molar-refractivity contribution is -0.125. The van der Waals surface area contributed by atoms with Crippen LogP contribution in [0.1, 0.15) is 53.4 Å². The molecule has 6 atom stereocenters. The molecule has 1 aliphatic carbocycles. The molecule has 1 spiro atoms. The highest BCUT2D eigenvalue weighted by molar-refractivity contribution is 5.91. The Morgan fingerprint density at radius 3 is 2.59 bits per heavy atom. The van der Waals surface area contributed by atoms with Gasteiger partial charge in [0.15, 0.2) is 0 Å².